The number of likely N-dealkylation sites (tertiary alicyclic amines) is 1. The molecule has 100 valence electrons. The van der Waals surface area contributed by atoms with Crippen LogP contribution in [-0.4, -0.2) is 36.9 Å². The lowest BCUT2D eigenvalue weighted by atomic mass is 10.1. The molecule has 0 unspecified atom stereocenters. The Morgan fingerprint density at radius 2 is 2.16 bits per heavy atom. The van der Waals surface area contributed by atoms with Crippen molar-refractivity contribution in [3.63, 3.8) is 0 Å². The number of ether oxygens (including phenoxy) is 1. The van der Waals surface area contributed by atoms with E-state index in [2.05, 4.69) is 11.0 Å². The predicted octanol–water partition coefficient (Wildman–Crippen LogP) is 2.24. The van der Waals surface area contributed by atoms with Crippen molar-refractivity contribution in [2.75, 3.05) is 26.2 Å². The summed E-state index contributed by atoms with van der Waals surface area (Å²) in [5, 5.41) is 8.89. The van der Waals surface area contributed by atoms with Gasteiger partial charge in [0, 0.05) is 6.54 Å². The molecule has 0 amide bonds. The lowest BCUT2D eigenvalue weighted by molar-refractivity contribution is 0.101. The van der Waals surface area contributed by atoms with Gasteiger partial charge in [-0.3, -0.25) is 9.69 Å². The summed E-state index contributed by atoms with van der Waals surface area (Å²) in [5.41, 5.74) is 1.06. The number of carbonyl (C=O) groups is 1. The van der Waals surface area contributed by atoms with Crippen LogP contribution in [0.5, 0.6) is 5.75 Å². The SMILES string of the molecule is CC(=O)c1ccc(C#N)cc1OCCN1CCCC1. The maximum atomic E-state index is 11.5. The quantitative estimate of drug-likeness (QED) is 0.760. The van der Waals surface area contributed by atoms with Crippen LogP contribution >= 0.6 is 0 Å². The monoisotopic (exact) mass is 258 g/mol. The van der Waals surface area contributed by atoms with Crippen molar-refractivity contribution in [1.29, 1.82) is 5.26 Å². The minimum absolute atomic E-state index is 0.0411. The Kier molecular flexibility index (Phi) is 4.53. The van der Waals surface area contributed by atoms with E-state index in [4.69, 9.17) is 10.00 Å². The first kappa shape index (κ1) is 13.6. The first-order chi connectivity index (χ1) is 9.20. The van der Waals surface area contributed by atoms with E-state index in [0.717, 1.165) is 19.6 Å². The molecule has 0 spiro atoms. The molecule has 1 aliphatic heterocycles. The zero-order chi connectivity index (χ0) is 13.7. The Morgan fingerprint density at radius 3 is 2.79 bits per heavy atom. The van der Waals surface area contributed by atoms with Crippen LogP contribution in [0.4, 0.5) is 0 Å². The highest BCUT2D eigenvalue weighted by Gasteiger charge is 2.13. The van der Waals surface area contributed by atoms with Crippen LogP contribution in [0.2, 0.25) is 0 Å². The van der Waals surface area contributed by atoms with Crippen molar-refractivity contribution in [1.82, 2.24) is 4.90 Å². The maximum absolute atomic E-state index is 11.5. The highest BCUT2D eigenvalue weighted by atomic mass is 16.5. The van der Waals surface area contributed by atoms with Gasteiger partial charge in [-0.1, -0.05) is 0 Å². The molecule has 4 heteroatoms. The molecular formula is C15H18N2O2. The van der Waals surface area contributed by atoms with Crippen molar-refractivity contribution in [2.45, 2.75) is 19.8 Å². The van der Waals surface area contributed by atoms with E-state index in [9.17, 15) is 4.79 Å². The number of benzene rings is 1. The number of ketones is 1. The molecule has 0 N–H and O–H groups in total. The summed E-state index contributed by atoms with van der Waals surface area (Å²) in [6.07, 6.45) is 2.51. The van der Waals surface area contributed by atoms with Gasteiger partial charge in [-0.15, -0.1) is 0 Å². The Hall–Kier alpha value is -1.86. The number of Topliss-reactive ketones (excluding diaryl/α,β-unsaturated/α-hetero) is 1. The van der Waals surface area contributed by atoms with E-state index in [1.165, 1.54) is 19.8 Å². The van der Waals surface area contributed by atoms with Gasteiger partial charge >= 0.3 is 0 Å². The molecule has 19 heavy (non-hydrogen) atoms. The standard InChI is InChI=1S/C15H18N2O2/c1-12(18)14-5-4-13(11-16)10-15(14)19-9-8-17-6-2-3-7-17/h4-5,10H,2-3,6-9H2,1H3. The van der Waals surface area contributed by atoms with E-state index < -0.39 is 0 Å². The summed E-state index contributed by atoms with van der Waals surface area (Å²) in [5.74, 6) is 0.478. The Labute approximate surface area is 113 Å². The van der Waals surface area contributed by atoms with Crippen molar-refractivity contribution >= 4 is 5.78 Å². The van der Waals surface area contributed by atoms with Crippen LogP contribution < -0.4 is 4.74 Å². The highest BCUT2D eigenvalue weighted by molar-refractivity contribution is 5.97. The molecule has 0 bridgehead atoms. The lowest BCUT2D eigenvalue weighted by Gasteiger charge is -2.16. The van der Waals surface area contributed by atoms with Crippen molar-refractivity contribution in [2.24, 2.45) is 0 Å². The summed E-state index contributed by atoms with van der Waals surface area (Å²) >= 11 is 0. The third-order valence-corrected chi connectivity index (χ3v) is 3.35. The lowest BCUT2D eigenvalue weighted by Crippen LogP contribution is -2.25. The second kappa shape index (κ2) is 6.35. The van der Waals surface area contributed by atoms with E-state index >= 15 is 0 Å². The fraction of sp³-hybridized carbons (Fsp3) is 0.467. The molecule has 0 radical (unpaired) electrons. The van der Waals surface area contributed by atoms with Gasteiger partial charge in [0.2, 0.25) is 0 Å². The minimum Gasteiger partial charge on any atom is -0.491 e. The number of carbonyl (C=O) groups excluding carboxylic acids is 1. The normalized spacial score (nSPS) is 15.2. The first-order valence-corrected chi connectivity index (χ1v) is 6.61. The number of hydrogen-bond acceptors (Lipinski definition) is 4. The molecule has 1 fully saturated rings. The van der Waals surface area contributed by atoms with Crippen molar-refractivity contribution in [3.05, 3.63) is 29.3 Å². The van der Waals surface area contributed by atoms with Gasteiger partial charge in [0.1, 0.15) is 12.4 Å². The molecule has 0 aliphatic carbocycles. The number of hydrogen-bond donors (Lipinski definition) is 0. The van der Waals surface area contributed by atoms with Gasteiger partial charge in [0.25, 0.3) is 0 Å². The fourth-order valence-electron chi connectivity index (χ4n) is 2.29. The molecular weight excluding hydrogens is 240 g/mol. The average molecular weight is 258 g/mol. The van der Waals surface area contributed by atoms with Gasteiger partial charge < -0.3 is 4.74 Å². The largest absolute Gasteiger partial charge is 0.491 e. The second-order valence-electron chi connectivity index (χ2n) is 4.78. The molecule has 4 nitrogen and oxygen atoms in total. The summed E-state index contributed by atoms with van der Waals surface area (Å²) < 4.78 is 5.69. The molecule has 0 aromatic heterocycles. The third kappa shape index (κ3) is 3.55. The topological polar surface area (TPSA) is 53.3 Å². The van der Waals surface area contributed by atoms with E-state index in [1.807, 2.05) is 0 Å². The smallest absolute Gasteiger partial charge is 0.163 e. The molecule has 1 aliphatic rings. The van der Waals surface area contributed by atoms with Crippen LogP contribution in [-0.2, 0) is 0 Å². The Bertz CT molecular complexity index is 499. The molecule has 0 saturated carbocycles. The molecule has 1 aromatic carbocycles. The summed E-state index contributed by atoms with van der Waals surface area (Å²) in [7, 11) is 0. The summed E-state index contributed by atoms with van der Waals surface area (Å²) in [6, 6.07) is 7.00. The molecule has 0 atom stereocenters. The van der Waals surface area contributed by atoms with E-state index in [-0.39, 0.29) is 5.78 Å². The van der Waals surface area contributed by atoms with Crippen molar-refractivity contribution in [3.8, 4) is 11.8 Å². The van der Waals surface area contributed by atoms with Crippen LogP contribution in [0.3, 0.4) is 0 Å². The van der Waals surface area contributed by atoms with Crippen LogP contribution in [0, 0.1) is 11.3 Å². The van der Waals surface area contributed by atoms with Crippen LogP contribution in [0.1, 0.15) is 35.7 Å². The predicted molar refractivity (Wildman–Crippen MR) is 72.3 cm³/mol. The van der Waals surface area contributed by atoms with Gasteiger partial charge in [-0.25, -0.2) is 0 Å². The van der Waals surface area contributed by atoms with Crippen molar-refractivity contribution < 1.29 is 9.53 Å². The third-order valence-electron chi connectivity index (χ3n) is 3.35. The fourth-order valence-corrected chi connectivity index (χ4v) is 2.29. The van der Waals surface area contributed by atoms with Gasteiger partial charge in [-0.2, -0.15) is 5.26 Å². The minimum atomic E-state index is -0.0411. The van der Waals surface area contributed by atoms with E-state index in [1.54, 1.807) is 18.2 Å². The van der Waals surface area contributed by atoms with Crippen LogP contribution in [0.15, 0.2) is 18.2 Å². The molecule has 2 rings (SSSR count). The molecule has 1 saturated heterocycles. The second-order valence-corrected chi connectivity index (χ2v) is 4.78. The Morgan fingerprint density at radius 1 is 1.42 bits per heavy atom. The molecule has 1 heterocycles. The zero-order valence-electron chi connectivity index (χ0n) is 11.2. The average Bonchev–Trinajstić information content (AvgIpc) is 2.91. The van der Waals surface area contributed by atoms with Gasteiger partial charge in [0.05, 0.1) is 17.2 Å². The molecule has 1 aromatic rings. The number of nitrogens with zero attached hydrogens (tertiary/aromatic N) is 2. The Balaban J connectivity index is 2.00. The number of nitriles is 1. The highest BCUT2D eigenvalue weighted by Crippen LogP contribution is 2.21. The van der Waals surface area contributed by atoms with Crippen LogP contribution in [0.25, 0.3) is 0 Å². The first-order valence-electron chi connectivity index (χ1n) is 6.61. The van der Waals surface area contributed by atoms with Gasteiger partial charge in [-0.05, 0) is 51.1 Å². The number of rotatable bonds is 5. The van der Waals surface area contributed by atoms with Gasteiger partial charge in [0.15, 0.2) is 5.78 Å². The maximum Gasteiger partial charge on any atom is 0.163 e. The van der Waals surface area contributed by atoms with E-state index in [0.29, 0.717) is 23.5 Å². The summed E-state index contributed by atoms with van der Waals surface area (Å²) in [4.78, 5) is 13.9. The zero-order valence-corrected chi connectivity index (χ0v) is 11.2. The summed E-state index contributed by atoms with van der Waals surface area (Å²) in [6.45, 7) is 5.18.